The van der Waals surface area contributed by atoms with Gasteiger partial charge in [-0.2, -0.15) is 0 Å². The third kappa shape index (κ3) is 3.31. The molecule has 0 spiro atoms. The minimum Gasteiger partial charge on any atom is -0.341 e. The van der Waals surface area contributed by atoms with E-state index in [2.05, 4.69) is 11.4 Å². The number of carbonyl (C=O) groups is 2. The van der Waals surface area contributed by atoms with Gasteiger partial charge in [0.05, 0.1) is 11.6 Å². The van der Waals surface area contributed by atoms with Crippen LogP contribution >= 0.6 is 0 Å². The molecule has 0 saturated heterocycles. The molecule has 4 nitrogen and oxygen atoms in total. The Bertz CT molecular complexity index is 998. The lowest BCUT2D eigenvalue weighted by atomic mass is 10.0. The highest BCUT2D eigenvalue weighted by Gasteiger charge is 2.32. The van der Waals surface area contributed by atoms with E-state index in [-0.39, 0.29) is 17.6 Å². The van der Waals surface area contributed by atoms with E-state index in [0.717, 1.165) is 22.5 Å². The molecule has 0 fully saturated rings. The maximum Gasteiger partial charge on any atom is 0.233 e. The number of benzene rings is 2. The van der Waals surface area contributed by atoms with Gasteiger partial charge in [-0.25, -0.2) is 0 Å². The molecular weight excluding hydrogens is 336 g/mol. The summed E-state index contributed by atoms with van der Waals surface area (Å²) in [6.45, 7) is 4.72. The van der Waals surface area contributed by atoms with Crippen LogP contribution in [-0.4, -0.2) is 16.3 Å². The predicted molar refractivity (Wildman–Crippen MR) is 106 cm³/mol. The van der Waals surface area contributed by atoms with E-state index in [9.17, 15) is 9.59 Å². The zero-order valence-electron chi connectivity index (χ0n) is 15.5. The monoisotopic (exact) mass is 358 g/mol. The Labute approximate surface area is 158 Å². The molecule has 1 aliphatic rings. The minimum atomic E-state index is -0.233. The smallest absolute Gasteiger partial charge is 0.233 e. The number of aryl methyl sites for hydroxylation is 2. The van der Waals surface area contributed by atoms with Gasteiger partial charge < -0.3 is 9.88 Å². The summed E-state index contributed by atoms with van der Waals surface area (Å²) in [6, 6.07) is 19.0. The molecule has 3 aromatic rings. The van der Waals surface area contributed by atoms with Gasteiger partial charge in [-0.15, -0.1) is 0 Å². The first-order valence-corrected chi connectivity index (χ1v) is 9.21. The van der Waals surface area contributed by atoms with E-state index >= 15 is 0 Å². The Morgan fingerprint density at radius 3 is 2.37 bits per heavy atom. The van der Waals surface area contributed by atoms with Gasteiger partial charge >= 0.3 is 0 Å². The SMILES string of the molecule is Cc1cc(C)cc(NC(=O)[C@@H]2CCn3c(C(=O)c4ccccc4)ccc32)c1. The maximum absolute atomic E-state index is 12.8. The molecule has 27 heavy (non-hydrogen) atoms. The number of aromatic nitrogens is 1. The lowest BCUT2D eigenvalue weighted by Gasteiger charge is -2.12. The van der Waals surface area contributed by atoms with Gasteiger partial charge in [-0.3, -0.25) is 9.59 Å². The Morgan fingerprint density at radius 2 is 1.67 bits per heavy atom. The molecular formula is C23H22N2O2. The van der Waals surface area contributed by atoms with E-state index in [1.54, 1.807) is 0 Å². The van der Waals surface area contributed by atoms with Gasteiger partial charge in [0.25, 0.3) is 0 Å². The molecule has 1 aliphatic heterocycles. The second kappa shape index (κ2) is 6.88. The minimum absolute atomic E-state index is 0.00258. The second-order valence-electron chi connectivity index (χ2n) is 7.20. The molecule has 0 saturated carbocycles. The average Bonchev–Trinajstić information content (AvgIpc) is 3.22. The van der Waals surface area contributed by atoms with Gasteiger partial charge in [-0.05, 0) is 55.7 Å². The number of nitrogens with zero attached hydrogens (tertiary/aromatic N) is 1. The van der Waals surface area contributed by atoms with Crippen LogP contribution in [0.4, 0.5) is 5.69 Å². The van der Waals surface area contributed by atoms with Crippen LogP contribution in [0.2, 0.25) is 0 Å². The summed E-state index contributed by atoms with van der Waals surface area (Å²) in [7, 11) is 0. The molecule has 1 atom stereocenters. The lowest BCUT2D eigenvalue weighted by molar-refractivity contribution is -0.117. The Hall–Kier alpha value is -3.14. The van der Waals surface area contributed by atoms with Gasteiger partial charge in [0.1, 0.15) is 0 Å². The second-order valence-corrected chi connectivity index (χ2v) is 7.20. The predicted octanol–water partition coefficient (Wildman–Crippen LogP) is 4.46. The molecule has 1 N–H and O–H groups in total. The summed E-state index contributed by atoms with van der Waals surface area (Å²) < 4.78 is 1.99. The normalized spacial score (nSPS) is 15.4. The van der Waals surface area contributed by atoms with Crippen LogP contribution in [0.25, 0.3) is 0 Å². The summed E-state index contributed by atoms with van der Waals surface area (Å²) >= 11 is 0. The fraction of sp³-hybridized carbons (Fsp3) is 0.217. The zero-order valence-corrected chi connectivity index (χ0v) is 15.5. The van der Waals surface area contributed by atoms with Crippen molar-refractivity contribution >= 4 is 17.4 Å². The summed E-state index contributed by atoms with van der Waals surface area (Å²) in [4.78, 5) is 25.6. The van der Waals surface area contributed by atoms with E-state index in [0.29, 0.717) is 24.2 Å². The molecule has 136 valence electrons. The van der Waals surface area contributed by atoms with Crippen LogP contribution in [0.15, 0.2) is 60.7 Å². The van der Waals surface area contributed by atoms with E-state index < -0.39 is 0 Å². The number of ketones is 1. The number of anilines is 1. The number of hydrogen-bond acceptors (Lipinski definition) is 2. The largest absolute Gasteiger partial charge is 0.341 e. The van der Waals surface area contributed by atoms with Crippen molar-refractivity contribution in [3.05, 3.63) is 88.7 Å². The highest BCUT2D eigenvalue weighted by molar-refractivity contribution is 6.08. The van der Waals surface area contributed by atoms with Crippen molar-refractivity contribution in [2.24, 2.45) is 0 Å². The van der Waals surface area contributed by atoms with Crippen molar-refractivity contribution in [2.45, 2.75) is 32.7 Å². The number of amides is 1. The molecule has 2 heterocycles. The Morgan fingerprint density at radius 1 is 0.963 bits per heavy atom. The van der Waals surface area contributed by atoms with Crippen molar-refractivity contribution in [3.63, 3.8) is 0 Å². The van der Waals surface area contributed by atoms with Gasteiger partial charge in [0, 0.05) is 23.5 Å². The van der Waals surface area contributed by atoms with Crippen LogP contribution < -0.4 is 5.32 Å². The Balaban J connectivity index is 1.56. The number of fused-ring (bicyclic) bond motifs is 1. The summed E-state index contributed by atoms with van der Waals surface area (Å²) in [5, 5.41) is 3.04. The molecule has 1 amide bonds. The van der Waals surface area contributed by atoms with Crippen molar-refractivity contribution < 1.29 is 9.59 Å². The number of nitrogens with one attached hydrogen (secondary N) is 1. The van der Waals surface area contributed by atoms with E-state index in [1.165, 1.54) is 0 Å². The lowest BCUT2D eigenvalue weighted by Crippen LogP contribution is -2.19. The summed E-state index contributed by atoms with van der Waals surface area (Å²) in [6.07, 6.45) is 0.710. The van der Waals surface area contributed by atoms with Crippen LogP contribution in [0.1, 0.15) is 45.2 Å². The van der Waals surface area contributed by atoms with E-state index in [1.807, 2.05) is 73.0 Å². The molecule has 4 rings (SSSR count). The van der Waals surface area contributed by atoms with Crippen molar-refractivity contribution in [3.8, 4) is 0 Å². The highest BCUT2D eigenvalue weighted by Crippen LogP contribution is 2.32. The fourth-order valence-electron chi connectivity index (χ4n) is 3.92. The molecule has 4 heteroatoms. The molecule has 2 aromatic carbocycles. The number of rotatable bonds is 4. The number of hydrogen-bond donors (Lipinski definition) is 1. The summed E-state index contributed by atoms with van der Waals surface area (Å²) in [5.74, 6) is -0.254. The third-order valence-corrected chi connectivity index (χ3v) is 5.09. The fourth-order valence-corrected chi connectivity index (χ4v) is 3.92. The van der Waals surface area contributed by atoms with Crippen molar-refractivity contribution in [1.82, 2.24) is 4.57 Å². The van der Waals surface area contributed by atoms with Crippen LogP contribution in [0, 0.1) is 13.8 Å². The summed E-state index contributed by atoms with van der Waals surface area (Å²) in [5.41, 5.74) is 5.30. The quantitative estimate of drug-likeness (QED) is 0.700. The van der Waals surface area contributed by atoms with Crippen LogP contribution in [0.5, 0.6) is 0 Å². The highest BCUT2D eigenvalue weighted by atomic mass is 16.2. The van der Waals surface area contributed by atoms with Gasteiger partial charge in [0.15, 0.2) is 0 Å². The zero-order chi connectivity index (χ0) is 19.0. The molecule has 0 radical (unpaired) electrons. The van der Waals surface area contributed by atoms with Crippen LogP contribution in [0.3, 0.4) is 0 Å². The first kappa shape index (κ1) is 17.3. The topological polar surface area (TPSA) is 51.1 Å². The van der Waals surface area contributed by atoms with Crippen molar-refractivity contribution in [2.75, 3.05) is 5.32 Å². The molecule has 0 bridgehead atoms. The van der Waals surface area contributed by atoms with Crippen LogP contribution in [-0.2, 0) is 11.3 Å². The molecule has 0 unspecified atom stereocenters. The molecule has 1 aromatic heterocycles. The third-order valence-electron chi connectivity index (χ3n) is 5.09. The first-order chi connectivity index (χ1) is 13.0. The van der Waals surface area contributed by atoms with E-state index in [4.69, 9.17) is 0 Å². The molecule has 0 aliphatic carbocycles. The number of carbonyl (C=O) groups excluding carboxylic acids is 2. The average molecular weight is 358 g/mol. The maximum atomic E-state index is 12.8. The Kier molecular flexibility index (Phi) is 4.40. The standard InChI is InChI=1S/C23H22N2O2/c1-15-12-16(2)14-18(13-15)24-23(27)19-10-11-25-20(19)8-9-21(25)22(26)17-6-4-3-5-7-17/h3-9,12-14,19H,10-11H2,1-2H3,(H,24,27)/t19-/m1/s1. The van der Waals surface area contributed by atoms with Crippen molar-refractivity contribution in [1.29, 1.82) is 0 Å². The van der Waals surface area contributed by atoms with Gasteiger partial charge in [0.2, 0.25) is 11.7 Å². The van der Waals surface area contributed by atoms with Gasteiger partial charge in [-0.1, -0.05) is 36.4 Å². The first-order valence-electron chi connectivity index (χ1n) is 9.21.